The van der Waals surface area contributed by atoms with Crippen LogP contribution in [0.1, 0.15) is 10.4 Å². The van der Waals surface area contributed by atoms with Crippen LogP contribution in [0.4, 0.5) is 5.69 Å². The molecule has 0 saturated carbocycles. The summed E-state index contributed by atoms with van der Waals surface area (Å²) in [5, 5.41) is 7.85. The molecule has 0 spiro atoms. The molecule has 1 amide bonds. The molecule has 5 rings (SSSR count). The maximum absolute atomic E-state index is 11.0. The van der Waals surface area contributed by atoms with Crippen molar-refractivity contribution in [2.45, 2.75) is 0 Å². The zero-order valence-electron chi connectivity index (χ0n) is 16.5. The molecule has 0 saturated heterocycles. The van der Waals surface area contributed by atoms with Crippen molar-refractivity contribution in [2.75, 3.05) is 0 Å². The second kappa shape index (κ2) is 11.0. The van der Waals surface area contributed by atoms with Crippen LogP contribution in [0.15, 0.2) is 115 Å². The summed E-state index contributed by atoms with van der Waals surface area (Å²) in [5.41, 5.74) is 0.903. The van der Waals surface area contributed by atoms with Crippen LogP contribution in [0.5, 0.6) is 0 Å². The fourth-order valence-corrected chi connectivity index (χ4v) is 5.93. The molecular weight excluding hydrogens is 586 g/mol. The van der Waals surface area contributed by atoms with E-state index in [1.165, 1.54) is 15.9 Å². The van der Waals surface area contributed by atoms with Crippen LogP contribution in [-0.4, -0.2) is 11.7 Å². The number of amides is 1. The Bertz CT molecular complexity index is 1060. The number of benzene rings is 4. The second-order valence-corrected chi connectivity index (χ2v) is 9.22. The molecule has 5 heteroatoms. The van der Waals surface area contributed by atoms with E-state index in [4.69, 9.17) is 0 Å². The predicted octanol–water partition coefficient (Wildman–Crippen LogP) is 4.59. The summed E-state index contributed by atoms with van der Waals surface area (Å²) < 4.78 is 0. The van der Waals surface area contributed by atoms with Gasteiger partial charge < -0.3 is 10.1 Å². The van der Waals surface area contributed by atoms with Gasteiger partial charge in [-0.2, -0.15) is 0 Å². The average molecular weight is 606 g/mol. The van der Waals surface area contributed by atoms with Crippen molar-refractivity contribution in [1.82, 2.24) is 0 Å². The van der Waals surface area contributed by atoms with Gasteiger partial charge in [0.2, 0.25) is 5.78 Å². The summed E-state index contributed by atoms with van der Waals surface area (Å²) in [6.45, 7) is 0. The number of hydrogen-bond acceptors (Lipinski definition) is 2. The van der Waals surface area contributed by atoms with Gasteiger partial charge in [-0.25, -0.2) is 0 Å². The number of para-hydroxylation sites is 1. The first kappa shape index (κ1) is 22.9. The normalized spacial score (nSPS) is 11.6. The Morgan fingerprint density at radius 3 is 1.32 bits per heavy atom. The summed E-state index contributed by atoms with van der Waals surface area (Å²) in [7, 11) is -0.877. The molecule has 3 nitrogen and oxygen atoms in total. The fraction of sp³-hybridized carbons (Fsp3) is 0. The third kappa shape index (κ3) is 5.46. The van der Waals surface area contributed by atoms with Crippen LogP contribution in [0.3, 0.4) is 0 Å². The SMILES string of the molecule is O=C1[N-]c2ccccc2C1=O.[Au+].c1ccc([PH+](c2ccccc2)c2ccccc2)cc1. The van der Waals surface area contributed by atoms with Crippen LogP contribution in [0, 0.1) is 0 Å². The van der Waals surface area contributed by atoms with Gasteiger partial charge in [-0.05, 0) is 36.4 Å². The molecule has 1 aliphatic heterocycles. The van der Waals surface area contributed by atoms with Crippen LogP contribution in [0.2, 0.25) is 0 Å². The summed E-state index contributed by atoms with van der Waals surface area (Å²) in [4.78, 5) is 21.7. The molecule has 0 N–H and O–H groups in total. The number of ketones is 1. The molecule has 4 aromatic carbocycles. The number of Topliss-reactive ketones (excluding diaryl/α,β-unsaturated/α-hetero) is 1. The van der Waals surface area contributed by atoms with Crippen LogP contribution in [-0.2, 0) is 27.2 Å². The van der Waals surface area contributed by atoms with Gasteiger partial charge in [-0.1, -0.05) is 78.9 Å². The van der Waals surface area contributed by atoms with Gasteiger partial charge in [-0.3, -0.25) is 4.79 Å². The van der Waals surface area contributed by atoms with E-state index in [0.717, 1.165) is 0 Å². The Morgan fingerprint density at radius 2 is 0.903 bits per heavy atom. The Kier molecular flexibility index (Phi) is 8.11. The topological polar surface area (TPSA) is 48.2 Å². The molecule has 0 atom stereocenters. The fourth-order valence-electron chi connectivity index (χ4n) is 3.35. The monoisotopic (exact) mass is 606 g/mol. The molecule has 0 aliphatic carbocycles. The number of carbonyl (C=O) groups excluding carboxylic acids is 2. The quantitative estimate of drug-likeness (QED) is 0.195. The molecule has 0 radical (unpaired) electrons. The maximum atomic E-state index is 11.0. The van der Waals surface area contributed by atoms with Gasteiger partial charge in [0, 0.05) is 5.56 Å². The number of fused-ring (bicyclic) bond motifs is 1. The zero-order valence-corrected chi connectivity index (χ0v) is 19.7. The van der Waals surface area contributed by atoms with Gasteiger partial charge in [-0.15, -0.1) is 5.69 Å². The first-order chi connectivity index (χ1) is 14.7. The minimum Gasteiger partial charge on any atom is -0.619 e. The average Bonchev–Trinajstić information content (AvgIpc) is 3.10. The van der Waals surface area contributed by atoms with Crippen LogP contribution >= 0.6 is 7.92 Å². The van der Waals surface area contributed by atoms with E-state index in [1.54, 1.807) is 24.3 Å². The minimum atomic E-state index is -0.877. The van der Waals surface area contributed by atoms with Gasteiger partial charge in [0.1, 0.15) is 21.8 Å². The van der Waals surface area contributed by atoms with Crippen molar-refractivity contribution >= 4 is 41.2 Å². The van der Waals surface area contributed by atoms with Crippen molar-refractivity contribution in [3.8, 4) is 0 Å². The first-order valence-corrected chi connectivity index (χ1v) is 11.2. The first-order valence-electron chi connectivity index (χ1n) is 9.66. The van der Waals surface area contributed by atoms with Crippen molar-refractivity contribution < 1.29 is 32.0 Å². The van der Waals surface area contributed by atoms with Crippen LogP contribution < -0.4 is 15.9 Å². The number of carbonyl (C=O) groups is 2. The minimum absolute atomic E-state index is 0. The van der Waals surface area contributed by atoms with Crippen molar-refractivity contribution in [3.63, 3.8) is 0 Å². The Balaban J connectivity index is 0.000000194. The molecular formula is C26H20AuNO2P+. The Labute approximate surface area is 198 Å². The Morgan fingerprint density at radius 1 is 0.516 bits per heavy atom. The maximum Gasteiger partial charge on any atom is 1.00 e. The molecule has 0 aromatic heterocycles. The second-order valence-electron chi connectivity index (χ2n) is 6.74. The summed E-state index contributed by atoms with van der Waals surface area (Å²) in [6.07, 6.45) is 0. The smallest absolute Gasteiger partial charge is 0.619 e. The summed E-state index contributed by atoms with van der Waals surface area (Å²) in [5.74, 6) is -1.16. The van der Waals surface area contributed by atoms with E-state index < -0.39 is 19.6 Å². The molecule has 1 heterocycles. The standard InChI is InChI=1S/C18H15P.C8H5NO2.Au/c1-4-10-16(11-5-1)19(17-12-6-2-7-13-17)18-14-8-3-9-15-18;10-7-5-3-1-2-4-6(5)9-8(7)11;/h1-15H;1-4H,(H,9,10,11);/q;;+1. The number of rotatable bonds is 3. The largest absolute Gasteiger partial charge is 1.00 e. The molecule has 0 bridgehead atoms. The molecule has 0 fully saturated rings. The Hall–Kier alpha value is -2.81. The third-order valence-corrected chi connectivity index (χ3v) is 7.48. The van der Waals surface area contributed by atoms with Gasteiger partial charge in [0.15, 0.2) is 0 Å². The zero-order chi connectivity index (χ0) is 20.8. The predicted molar refractivity (Wildman–Crippen MR) is 125 cm³/mol. The summed E-state index contributed by atoms with van der Waals surface area (Å²) in [6, 6.07) is 39.2. The molecule has 1 aliphatic rings. The van der Waals surface area contributed by atoms with E-state index in [-0.39, 0.29) is 22.4 Å². The van der Waals surface area contributed by atoms with E-state index in [9.17, 15) is 9.59 Å². The molecule has 4 aromatic rings. The van der Waals surface area contributed by atoms with Gasteiger partial charge >= 0.3 is 22.4 Å². The molecule has 156 valence electrons. The van der Waals surface area contributed by atoms with Crippen molar-refractivity contribution in [2.24, 2.45) is 0 Å². The van der Waals surface area contributed by atoms with Gasteiger partial charge in [0.25, 0.3) is 0 Å². The van der Waals surface area contributed by atoms with Crippen molar-refractivity contribution in [1.29, 1.82) is 0 Å². The number of hydrogen-bond donors (Lipinski definition) is 0. The van der Waals surface area contributed by atoms with Crippen LogP contribution in [0.25, 0.3) is 5.32 Å². The summed E-state index contributed by atoms with van der Waals surface area (Å²) >= 11 is 0. The van der Waals surface area contributed by atoms with E-state index in [1.807, 2.05) is 0 Å². The molecule has 0 unspecified atom stereocenters. The van der Waals surface area contributed by atoms with E-state index >= 15 is 0 Å². The van der Waals surface area contributed by atoms with Crippen molar-refractivity contribution in [3.05, 3.63) is 126 Å². The number of nitrogens with zero attached hydrogens (tertiary/aromatic N) is 1. The third-order valence-electron chi connectivity index (χ3n) is 4.75. The van der Waals surface area contributed by atoms with E-state index in [0.29, 0.717) is 11.3 Å². The molecule has 31 heavy (non-hydrogen) atoms. The van der Waals surface area contributed by atoms with E-state index in [2.05, 4.69) is 96.3 Å². The van der Waals surface area contributed by atoms with Gasteiger partial charge in [0.05, 0.1) is 7.92 Å².